The summed E-state index contributed by atoms with van der Waals surface area (Å²) >= 11 is 12.4. The van der Waals surface area contributed by atoms with Gasteiger partial charge in [0.25, 0.3) is 0 Å². The van der Waals surface area contributed by atoms with E-state index in [1.165, 1.54) is 0 Å². The highest BCUT2D eigenvalue weighted by atomic mass is 35.5. The first-order valence-corrected chi connectivity index (χ1v) is 10.7. The van der Waals surface area contributed by atoms with Crippen molar-refractivity contribution in [1.29, 1.82) is 0 Å². The topological polar surface area (TPSA) is 43.0 Å². The van der Waals surface area contributed by atoms with Crippen LogP contribution in [0.2, 0.25) is 10.0 Å². The second kappa shape index (κ2) is 11.6. The molecule has 0 saturated carbocycles. The molecule has 3 rings (SSSR count). The number of ether oxygens (including phenoxy) is 3. The number of rotatable bonds is 10. The summed E-state index contributed by atoms with van der Waals surface area (Å²) in [5.74, 6) is 1.30. The van der Waals surface area contributed by atoms with E-state index in [0.717, 1.165) is 56.9 Å². The first-order valence-electron chi connectivity index (χ1n) is 9.90. The fourth-order valence-electron chi connectivity index (χ4n) is 3.20. The van der Waals surface area contributed by atoms with Gasteiger partial charge in [-0.15, -0.1) is 0 Å². The lowest BCUT2D eigenvalue weighted by molar-refractivity contribution is 0.0374. The van der Waals surface area contributed by atoms with Crippen LogP contribution in [0.5, 0.6) is 11.5 Å². The Morgan fingerprint density at radius 3 is 2.55 bits per heavy atom. The van der Waals surface area contributed by atoms with Crippen molar-refractivity contribution in [3.63, 3.8) is 0 Å². The number of nitrogens with zero attached hydrogens (tertiary/aromatic N) is 1. The highest BCUT2D eigenvalue weighted by Gasteiger charge is 2.12. The van der Waals surface area contributed by atoms with Gasteiger partial charge >= 0.3 is 0 Å². The van der Waals surface area contributed by atoms with E-state index in [4.69, 9.17) is 37.4 Å². The fraction of sp³-hybridized carbons (Fsp3) is 0.455. The number of benzene rings is 2. The quantitative estimate of drug-likeness (QED) is 0.557. The van der Waals surface area contributed by atoms with Crippen LogP contribution in [0.1, 0.15) is 17.5 Å². The monoisotopic (exact) mass is 438 g/mol. The van der Waals surface area contributed by atoms with E-state index in [0.29, 0.717) is 34.7 Å². The maximum Gasteiger partial charge on any atom is 0.163 e. The number of hydrogen-bond donors (Lipinski definition) is 1. The van der Waals surface area contributed by atoms with Crippen LogP contribution in [-0.2, 0) is 17.9 Å². The Bertz CT molecular complexity index is 765. The molecule has 2 aromatic rings. The maximum atomic E-state index is 6.48. The van der Waals surface area contributed by atoms with Crippen LogP contribution in [0, 0.1) is 0 Å². The van der Waals surface area contributed by atoms with Crippen molar-refractivity contribution >= 4 is 23.2 Å². The number of nitrogens with one attached hydrogen (secondary N) is 1. The van der Waals surface area contributed by atoms with Gasteiger partial charge in [0.2, 0.25) is 0 Å². The molecule has 5 nitrogen and oxygen atoms in total. The molecule has 0 radical (unpaired) electrons. The summed E-state index contributed by atoms with van der Waals surface area (Å²) in [4.78, 5) is 2.44. The van der Waals surface area contributed by atoms with Gasteiger partial charge in [-0.25, -0.2) is 0 Å². The van der Waals surface area contributed by atoms with E-state index >= 15 is 0 Å². The number of hydrogen-bond acceptors (Lipinski definition) is 5. The summed E-state index contributed by atoms with van der Waals surface area (Å²) in [6.45, 7) is 6.88. The average molecular weight is 439 g/mol. The van der Waals surface area contributed by atoms with Crippen LogP contribution in [-0.4, -0.2) is 51.4 Å². The molecule has 29 heavy (non-hydrogen) atoms. The van der Waals surface area contributed by atoms with Crippen molar-refractivity contribution in [1.82, 2.24) is 10.2 Å². The van der Waals surface area contributed by atoms with Crippen LogP contribution in [0.4, 0.5) is 0 Å². The van der Waals surface area contributed by atoms with Crippen molar-refractivity contribution in [2.24, 2.45) is 0 Å². The fourth-order valence-corrected chi connectivity index (χ4v) is 3.55. The Balaban J connectivity index is 1.48. The Morgan fingerprint density at radius 1 is 1.07 bits per heavy atom. The Morgan fingerprint density at radius 2 is 1.83 bits per heavy atom. The van der Waals surface area contributed by atoms with Crippen molar-refractivity contribution in [2.45, 2.75) is 19.6 Å². The normalized spacial score (nSPS) is 14.7. The molecular formula is C22H28Cl2N2O3. The Hall–Kier alpha value is -1.50. The molecule has 1 fully saturated rings. The molecule has 1 aliphatic rings. The number of halogens is 2. The second-order valence-electron chi connectivity index (χ2n) is 6.99. The van der Waals surface area contributed by atoms with E-state index in [2.05, 4.69) is 10.2 Å². The maximum absolute atomic E-state index is 6.48. The molecule has 2 aromatic carbocycles. The van der Waals surface area contributed by atoms with Gasteiger partial charge in [0, 0.05) is 35.7 Å². The molecule has 0 unspecified atom stereocenters. The smallest absolute Gasteiger partial charge is 0.163 e. The Kier molecular flexibility index (Phi) is 8.90. The Labute approximate surface area is 182 Å². The van der Waals surface area contributed by atoms with Gasteiger partial charge in [-0.1, -0.05) is 35.3 Å². The van der Waals surface area contributed by atoms with E-state index in [-0.39, 0.29) is 0 Å². The van der Waals surface area contributed by atoms with Crippen LogP contribution in [0.3, 0.4) is 0 Å². The zero-order chi connectivity index (χ0) is 20.5. The summed E-state index contributed by atoms with van der Waals surface area (Å²) in [6, 6.07) is 11.3. The third-order valence-electron chi connectivity index (χ3n) is 4.89. The standard InChI is InChI=1S/C22H28Cl2N2O3/c1-27-21-13-18(15-25-7-2-8-26-9-11-28-12-10-26)20(24)14-22(21)29-16-17-3-5-19(23)6-4-17/h3-6,13-14,25H,2,7-12,15-16H2,1H3. The van der Waals surface area contributed by atoms with Gasteiger partial charge in [-0.2, -0.15) is 0 Å². The summed E-state index contributed by atoms with van der Waals surface area (Å²) in [7, 11) is 1.64. The molecule has 0 aromatic heterocycles. The third kappa shape index (κ3) is 7.05. The highest BCUT2D eigenvalue weighted by Crippen LogP contribution is 2.34. The minimum atomic E-state index is 0.420. The van der Waals surface area contributed by atoms with Gasteiger partial charge in [-0.05, 0) is 48.8 Å². The van der Waals surface area contributed by atoms with Gasteiger partial charge in [0.15, 0.2) is 11.5 Å². The summed E-state index contributed by atoms with van der Waals surface area (Å²) in [6.07, 6.45) is 1.09. The zero-order valence-corrected chi connectivity index (χ0v) is 18.3. The van der Waals surface area contributed by atoms with Gasteiger partial charge in [-0.3, -0.25) is 4.90 Å². The largest absolute Gasteiger partial charge is 0.493 e. The van der Waals surface area contributed by atoms with E-state index in [1.54, 1.807) is 7.11 Å². The SMILES string of the molecule is COc1cc(CNCCCN2CCOCC2)c(Cl)cc1OCc1ccc(Cl)cc1. The molecule has 7 heteroatoms. The lowest BCUT2D eigenvalue weighted by atomic mass is 10.2. The molecule has 0 spiro atoms. The number of morpholine rings is 1. The average Bonchev–Trinajstić information content (AvgIpc) is 2.75. The molecule has 158 valence electrons. The van der Waals surface area contributed by atoms with Crippen molar-refractivity contribution in [3.05, 3.63) is 57.6 Å². The molecular weight excluding hydrogens is 411 g/mol. The van der Waals surface area contributed by atoms with Crippen molar-refractivity contribution < 1.29 is 14.2 Å². The third-order valence-corrected chi connectivity index (χ3v) is 5.49. The summed E-state index contributed by atoms with van der Waals surface area (Å²) in [5, 5.41) is 4.83. The second-order valence-corrected chi connectivity index (χ2v) is 7.84. The molecule has 0 aliphatic carbocycles. The summed E-state index contributed by atoms with van der Waals surface area (Å²) < 4.78 is 16.8. The molecule has 0 atom stereocenters. The highest BCUT2D eigenvalue weighted by molar-refractivity contribution is 6.31. The molecule has 0 amide bonds. The van der Waals surface area contributed by atoms with Gasteiger partial charge in [0.05, 0.1) is 20.3 Å². The van der Waals surface area contributed by atoms with E-state index < -0.39 is 0 Å². The first kappa shape index (κ1) is 22.2. The zero-order valence-electron chi connectivity index (χ0n) is 16.8. The molecule has 1 N–H and O–H groups in total. The molecule has 0 bridgehead atoms. The predicted molar refractivity (Wildman–Crippen MR) is 117 cm³/mol. The molecule has 1 saturated heterocycles. The molecule has 1 aliphatic heterocycles. The first-order chi connectivity index (χ1) is 14.2. The van der Waals surface area contributed by atoms with Gasteiger partial charge < -0.3 is 19.5 Å². The lowest BCUT2D eigenvalue weighted by Crippen LogP contribution is -2.37. The van der Waals surface area contributed by atoms with Crippen LogP contribution >= 0.6 is 23.2 Å². The van der Waals surface area contributed by atoms with Crippen LogP contribution in [0.15, 0.2) is 36.4 Å². The van der Waals surface area contributed by atoms with Crippen molar-refractivity contribution in [2.75, 3.05) is 46.5 Å². The number of methoxy groups -OCH3 is 1. The summed E-state index contributed by atoms with van der Waals surface area (Å²) in [5.41, 5.74) is 2.02. The van der Waals surface area contributed by atoms with Crippen LogP contribution < -0.4 is 14.8 Å². The van der Waals surface area contributed by atoms with E-state index in [9.17, 15) is 0 Å². The minimum Gasteiger partial charge on any atom is -0.493 e. The van der Waals surface area contributed by atoms with Crippen LogP contribution in [0.25, 0.3) is 0 Å². The molecule has 1 heterocycles. The predicted octanol–water partition coefficient (Wildman–Crippen LogP) is 4.39. The van der Waals surface area contributed by atoms with E-state index in [1.807, 2.05) is 36.4 Å². The van der Waals surface area contributed by atoms with Crippen molar-refractivity contribution in [3.8, 4) is 11.5 Å². The minimum absolute atomic E-state index is 0.420. The van der Waals surface area contributed by atoms with Gasteiger partial charge in [0.1, 0.15) is 6.61 Å². The lowest BCUT2D eigenvalue weighted by Gasteiger charge is -2.26.